The van der Waals surface area contributed by atoms with Crippen LogP contribution < -0.4 is 0 Å². The number of aromatic nitrogens is 4. The van der Waals surface area contributed by atoms with Crippen LogP contribution in [0.4, 0.5) is 0 Å². The Bertz CT molecular complexity index is 3050. The molecule has 1 atom stereocenters. The van der Waals surface area contributed by atoms with E-state index in [0.29, 0.717) is 5.95 Å². The molecule has 11 rings (SSSR count). The quantitative estimate of drug-likeness (QED) is 0.188. The van der Waals surface area contributed by atoms with Gasteiger partial charge in [0.1, 0.15) is 0 Å². The van der Waals surface area contributed by atoms with E-state index in [-0.39, 0.29) is 5.92 Å². The molecule has 0 saturated heterocycles. The van der Waals surface area contributed by atoms with Crippen LogP contribution in [0.25, 0.3) is 83.4 Å². The first-order chi connectivity index (χ1) is 25.8. The number of hydrogen-bond acceptors (Lipinski definition) is 2. The fraction of sp³-hybridized carbons (Fsp3) is 0.0417. The molecule has 0 spiro atoms. The van der Waals surface area contributed by atoms with Crippen molar-refractivity contribution in [3.05, 3.63) is 187 Å². The Hall–Kier alpha value is -6.78. The molecular weight excluding hydrogens is 633 g/mol. The van der Waals surface area contributed by atoms with Crippen LogP contribution in [0.2, 0.25) is 0 Å². The average molecular weight is 665 g/mol. The Morgan fingerprint density at radius 3 is 1.96 bits per heavy atom. The highest BCUT2D eigenvalue weighted by Crippen LogP contribution is 2.42. The second kappa shape index (κ2) is 11.4. The van der Waals surface area contributed by atoms with E-state index in [4.69, 9.17) is 9.97 Å². The second-order valence-corrected chi connectivity index (χ2v) is 13.8. The predicted octanol–water partition coefficient (Wildman–Crippen LogP) is 11.8. The van der Waals surface area contributed by atoms with Gasteiger partial charge < -0.3 is 4.57 Å². The van der Waals surface area contributed by atoms with Gasteiger partial charge in [0, 0.05) is 38.7 Å². The van der Waals surface area contributed by atoms with Gasteiger partial charge in [0.2, 0.25) is 5.95 Å². The summed E-state index contributed by atoms with van der Waals surface area (Å²) in [6.45, 7) is 0. The van der Waals surface area contributed by atoms with E-state index in [1.54, 1.807) is 0 Å². The Kier molecular flexibility index (Phi) is 6.34. The third-order valence-electron chi connectivity index (χ3n) is 10.8. The summed E-state index contributed by atoms with van der Waals surface area (Å²) in [5, 5.41) is 7.18. The maximum Gasteiger partial charge on any atom is 0.235 e. The van der Waals surface area contributed by atoms with Gasteiger partial charge in [-0.25, -0.2) is 9.97 Å². The maximum absolute atomic E-state index is 5.52. The van der Waals surface area contributed by atoms with Gasteiger partial charge in [-0.05, 0) is 64.7 Å². The molecule has 0 fully saturated rings. The highest BCUT2D eigenvalue weighted by molar-refractivity contribution is 6.23. The molecule has 244 valence electrons. The van der Waals surface area contributed by atoms with Crippen LogP contribution in [0.1, 0.15) is 22.7 Å². The molecule has 0 saturated carbocycles. The molecule has 0 radical (unpaired) electrons. The number of nitrogens with zero attached hydrogens (tertiary/aromatic N) is 4. The van der Waals surface area contributed by atoms with Gasteiger partial charge in [-0.2, -0.15) is 0 Å². The topological polar surface area (TPSA) is 35.6 Å². The van der Waals surface area contributed by atoms with Crippen molar-refractivity contribution >= 4 is 60.5 Å². The van der Waals surface area contributed by atoms with E-state index < -0.39 is 0 Å². The number of hydrogen-bond donors (Lipinski definition) is 0. The van der Waals surface area contributed by atoms with E-state index in [9.17, 15) is 0 Å². The van der Waals surface area contributed by atoms with Crippen LogP contribution in [0.3, 0.4) is 0 Å². The van der Waals surface area contributed by atoms with Crippen molar-refractivity contribution in [2.75, 3.05) is 0 Å². The molecule has 3 heterocycles. The van der Waals surface area contributed by atoms with Crippen molar-refractivity contribution in [1.82, 2.24) is 19.1 Å². The van der Waals surface area contributed by atoms with Gasteiger partial charge in [-0.15, -0.1) is 0 Å². The van der Waals surface area contributed by atoms with Crippen LogP contribution in [-0.4, -0.2) is 19.1 Å². The molecule has 4 nitrogen and oxygen atoms in total. The van der Waals surface area contributed by atoms with Crippen molar-refractivity contribution < 1.29 is 0 Å². The van der Waals surface area contributed by atoms with Crippen molar-refractivity contribution in [1.29, 1.82) is 0 Å². The molecule has 7 aromatic carbocycles. The molecule has 1 unspecified atom stereocenters. The summed E-state index contributed by atoms with van der Waals surface area (Å²) >= 11 is 0. The summed E-state index contributed by atoms with van der Waals surface area (Å²) < 4.78 is 4.73. The molecule has 52 heavy (non-hydrogen) atoms. The Morgan fingerprint density at radius 1 is 0.500 bits per heavy atom. The van der Waals surface area contributed by atoms with E-state index in [1.807, 2.05) is 0 Å². The summed E-state index contributed by atoms with van der Waals surface area (Å²) in [5.41, 5.74) is 11.3. The molecule has 3 aromatic heterocycles. The van der Waals surface area contributed by atoms with E-state index in [2.05, 4.69) is 185 Å². The van der Waals surface area contributed by atoms with Crippen molar-refractivity contribution in [3.63, 3.8) is 0 Å². The van der Waals surface area contributed by atoms with Gasteiger partial charge in [0.25, 0.3) is 0 Å². The Labute approximate surface area is 300 Å². The number of benzene rings is 7. The summed E-state index contributed by atoms with van der Waals surface area (Å²) in [6, 6.07) is 58.8. The zero-order valence-corrected chi connectivity index (χ0v) is 28.3. The molecule has 10 aromatic rings. The molecule has 0 N–H and O–H groups in total. The van der Waals surface area contributed by atoms with Crippen LogP contribution >= 0.6 is 0 Å². The number of allylic oxidation sites excluding steroid dienone is 1. The largest absolute Gasteiger partial charge is 0.307 e. The van der Waals surface area contributed by atoms with Crippen molar-refractivity contribution in [2.24, 2.45) is 0 Å². The first-order valence-corrected chi connectivity index (χ1v) is 17.9. The summed E-state index contributed by atoms with van der Waals surface area (Å²) in [4.78, 5) is 11.0. The lowest BCUT2D eigenvalue weighted by molar-refractivity contribution is 0.779. The fourth-order valence-electron chi connectivity index (χ4n) is 8.40. The highest BCUT2D eigenvalue weighted by Gasteiger charge is 2.24. The van der Waals surface area contributed by atoms with Gasteiger partial charge in [-0.1, -0.05) is 140 Å². The smallest absolute Gasteiger partial charge is 0.235 e. The van der Waals surface area contributed by atoms with Crippen molar-refractivity contribution in [3.8, 4) is 22.9 Å². The molecule has 1 aliphatic rings. The zero-order chi connectivity index (χ0) is 34.2. The number of rotatable bonds is 4. The Morgan fingerprint density at radius 2 is 1.15 bits per heavy atom. The first-order valence-electron chi connectivity index (χ1n) is 17.9. The summed E-state index contributed by atoms with van der Waals surface area (Å²) in [7, 11) is 0. The Balaban J connectivity index is 1.25. The summed E-state index contributed by atoms with van der Waals surface area (Å²) in [5.74, 6) is 0.788. The SMILES string of the molecule is C1=CC(c2cc(-c3ccc4ccccc4c3)nc(-n3c4ccccc4c4ccc5c6ccccc6n(-c6ccccc6)c5c43)n2)Cc2ccccc21. The normalized spacial score (nSPS) is 14.2. The van der Waals surface area contributed by atoms with Crippen molar-refractivity contribution in [2.45, 2.75) is 12.3 Å². The van der Waals surface area contributed by atoms with E-state index in [1.165, 1.54) is 49.0 Å². The molecule has 0 amide bonds. The fourth-order valence-corrected chi connectivity index (χ4v) is 8.40. The minimum absolute atomic E-state index is 0.111. The minimum atomic E-state index is 0.111. The third kappa shape index (κ3) is 4.41. The first kappa shape index (κ1) is 29.0. The van der Waals surface area contributed by atoms with Gasteiger partial charge in [0.05, 0.1) is 33.5 Å². The average Bonchev–Trinajstić information content (AvgIpc) is 3.74. The van der Waals surface area contributed by atoms with E-state index in [0.717, 1.165) is 45.6 Å². The van der Waals surface area contributed by atoms with Crippen LogP contribution in [-0.2, 0) is 6.42 Å². The van der Waals surface area contributed by atoms with Crippen LogP contribution in [0.5, 0.6) is 0 Å². The lowest BCUT2D eigenvalue weighted by Crippen LogP contribution is -2.11. The van der Waals surface area contributed by atoms with E-state index >= 15 is 0 Å². The second-order valence-electron chi connectivity index (χ2n) is 13.8. The lowest BCUT2D eigenvalue weighted by atomic mass is 9.87. The molecule has 4 heteroatoms. The van der Waals surface area contributed by atoms with Gasteiger partial charge >= 0.3 is 0 Å². The number of para-hydroxylation sites is 3. The highest BCUT2D eigenvalue weighted by atomic mass is 15.2. The monoisotopic (exact) mass is 664 g/mol. The van der Waals surface area contributed by atoms with Crippen LogP contribution in [0.15, 0.2) is 170 Å². The summed E-state index contributed by atoms with van der Waals surface area (Å²) in [6.07, 6.45) is 5.46. The predicted molar refractivity (Wildman–Crippen MR) is 216 cm³/mol. The number of fused-ring (bicyclic) bond motifs is 9. The molecule has 1 aliphatic carbocycles. The van der Waals surface area contributed by atoms with Gasteiger partial charge in [-0.3, -0.25) is 4.57 Å². The minimum Gasteiger partial charge on any atom is -0.307 e. The van der Waals surface area contributed by atoms with Crippen LogP contribution in [0, 0.1) is 0 Å². The standard InChI is InChI=1S/C48H32N4/c1-2-16-37(17-3-1)51-44-20-10-8-18-38(44)40-26-27-41-39-19-9-11-21-45(39)52(47(41)46(40)51)48-49-42(35-24-22-31-12-4-6-14-33(31)28-35)30-43(50-48)36-25-23-32-13-5-7-15-34(32)29-36/h1-28,30,36H,29H2. The molecule has 0 aliphatic heterocycles. The van der Waals surface area contributed by atoms with Gasteiger partial charge in [0.15, 0.2) is 0 Å². The third-order valence-corrected chi connectivity index (χ3v) is 10.8. The molecular formula is C48H32N4. The maximum atomic E-state index is 5.52. The lowest BCUT2D eigenvalue weighted by Gasteiger charge is -2.21. The molecule has 0 bridgehead atoms. The zero-order valence-electron chi connectivity index (χ0n) is 28.3.